The first-order chi connectivity index (χ1) is 11.2. The van der Waals surface area contributed by atoms with E-state index in [0.717, 1.165) is 6.07 Å². The Bertz CT molecular complexity index is 665. The van der Waals surface area contributed by atoms with Crippen molar-refractivity contribution in [3.05, 3.63) is 28.8 Å². The Morgan fingerprint density at radius 1 is 1.24 bits per heavy atom. The van der Waals surface area contributed by atoms with Crippen LogP contribution in [0.3, 0.4) is 0 Å². The van der Waals surface area contributed by atoms with Crippen LogP contribution in [0.25, 0.3) is 0 Å². The number of aryl methyl sites for hydroxylation is 1. The monoisotopic (exact) mass is 363 g/mol. The van der Waals surface area contributed by atoms with Crippen LogP contribution < -0.4 is 5.32 Å². The summed E-state index contributed by atoms with van der Waals surface area (Å²) in [5.74, 6) is -2.09. The number of aromatic hydroxyl groups is 1. The van der Waals surface area contributed by atoms with Crippen molar-refractivity contribution in [3.63, 3.8) is 0 Å². The molecule has 0 saturated carbocycles. The van der Waals surface area contributed by atoms with Crippen LogP contribution in [0, 0.1) is 6.92 Å². The summed E-state index contributed by atoms with van der Waals surface area (Å²) in [5, 5.41) is 20.7. The molecule has 140 valence electrons. The van der Waals surface area contributed by atoms with Gasteiger partial charge in [-0.2, -0.15) is 13.2 Å². The molecule has 1 aromatic carbocycles. The Morgan fingerprint density at radius 3 is 2.24 bits per heavy atom. The number of alkyl halides is 3. The minimum absolute atomic E-state index is 0.0598. The van der Waals surface area contributed by atoms with Gasteiger partial charge in [-0.3, -0.25) is 0 Å². The summed E-state index contributed by atoms with van der Waals surface area (Å²) in [6.07, 6.45) is -6.45. The maximum Gasteiger partial charge on any atom is 0.416 e. The maximum absolute atomic E-state index is 13.2. The number of aliphatic carboxylic acids is 1. The summed E-state index contributed by atoms with van der Waals surface area (Å²) < 4.78 is 44.5. The third-order valence-electron chi connectivity index (χ3n) is 3.16. The van der Waals surface area contributed by atoms with Gasteiger partial charge in [0.2, 0.25) is 0 Å². The highest BCUT2D eigenvalue weighted by molar-refractivity contribution is 5.80. The summed E-state index contributed by atoms with van der Waals surface area (Å²) >= 11 is 0. The number of phenols is 1. The van der Waals surface area contributed by atoms with Crippen molar-refractivity contribution in [2.24, 2.45) is 0 Å². The summed E-state index contributed by atoms with van der Waals surface area (Å²) in [4.78, 5) is 23.1. The second-order valence-corrected chi connectivity index (χ2v) is 6.53. The van der Waals surface area contributed by atoms with Gasteiger partial charge in [0.15, 0.2) is 0 Å². The molecule has 0 radical (unpaired) electrons. The van der Waals surface area contributed by atoms with Crippen molar-refractivity contribution in [1.29, 1.82) is 0 Å². The van der Waals surface area contributed by atoms with Crippen LogP contribution in [0.5, 0.6) is 5.75 Å². The quantitative estimate of drug-likeness (QED) is 0.763. The number of carbonyl (C=O) groups is 2. The smallest absolute Gasteiger partial charge is 0.416 e. The van der Waals surface area contributed by atoms with E-state index < -0.39 is 47.6 Å². The number of carbonyl (C=O) groups excluding carboxylic acids is 1. The summed E-state index contributed by atoms with van der Waals surface area (Å²) in [6.45, 7) is 6.01. The molecule has 0 aliphatic rings. The molecule has 9 heteroatoms. The Morgan fingerprint density at radius 2 is 1.80 bits per heavy atom. The SMILES string of the molecule is Cc1cc(O)cc(C(F)(F)F)c1CC(NC(=O)OC(C)(C)C)C(=O)O. The number of carboxylic acid groups (broad SMARTS) is 1. The van der Waals surface area contributed by atoms with E-state index in [4.69, 9.17) is 4.74 Å². The van der Waals surface area contributed by atoms with Gasteiger partial charge in [0.05, 0.1) is 5.56 Å². The molecule has 0 aliphatic heterocycles. The van der Waals surface area contributed by atoms with Gasteiger partial charge in [-0.1, -0.05) is 0 Å². The van der Waals surface area contributed by atoms with Gasteiger partial charge in [0.25, 0.3) is 0 Å². The molecule has 1 atom stereocenters. The minimum atomic E-state index is -4.78. The molecule has 0 aromatic heterocycles. The number of nitrogens with one attached hydrogen (secondary N) is 1. The lowest BCUT2D eigenvalue weighted by molar-refractivity contribution is -0.141. The number of rotatable bonds is 4. The van der Waals surface area contributed by atoms with Crippen LogP contribution in [0.2, 0.25) is 0 Å². The van der Waals surface area contributed by atoms with Crippen molar-refractivity contribution in [2.45, 2.75) is 51.9 Å². The molecule has 25 heavy (non-hydrogen) atoms. The molecule has 1 unspecified atom stereocenters. The summed E-state index contributed by atoms with van der Waals surface area (Å²) in [6, 6.07) is -0.00900. The van der Waals surface area contributed by atoms with Crippen LogP contribution in [-0.4, -0.2) is 33.9 Å². The largest absolute Gasteiger partial charge is 0.508 e. The molecule has 0 saturated heterocycles. The molecule has 0 aliphatic carbocycles. The number of ether oxygens (including phenoxy) is 1. The molecule has 1 rings (SSSR count). The topological polar surface area (TPSA) is 95.9 Å². The van der Waals surface area contributed by atoms with Crippen molar-refractivity contribution in [1.82, 2.24) is 5.32 Å². The van der Waals surface area contributed by atoms with Crippen LogP contribution in [0.1, 0.15) is 37.5 Å². The van der Waals surface area contributed by atoms with Crippen molar-refractivity contribution in [3.8, 4) is 5.75 Å². The zero-order chi connectivity index (χ0) is 19.6. The first-order valence-corrected chi connectivity index (χ1v) is 7.32. The maximum atomic E-state index is 13.2. The fourth-order valence-corrected chi connectivity index (χ4v) is 2.18. The van der Waals surface area contributed by atoms with Crippen molar-refractivity contribution >= 4 is 12.1 Å². The molecule has 3 N–H and O–H groups in total. The lowest BCUT2D eigenvalue weighted by atomic mass is 9.94. The Hall–Kier alpha value is -2.45. The van der Waals surface area contributed by atoms with Crippen LogP contribution in [0.15, 0.2) is 12.1 Å². The van der Waals surface area contributed by atoms with Crippen molar-refractivity contribution < 1.29 is 37.7 Å². The van der Waals surface area contributed by atoms with Gasteiger partial charge < -0.3 is 20.3 Å². The molecule has 1 aromatic rings. The minimum Gasteiger partial charge on any atom is -0.508 e. The molecule has 0 bridgehead atoms. The number of halogens is 3. The second-order valence-electron chi connectivity index (χ2n) is 6.53. The highest BCUT2D eigenvalue weighted by atomic mass is 19.4. The van der Waals surface area contributed by atoms with Crippen LogP contribution in [0.4, 0.5) is 18.0 Å². The average Bonchev–Trinajstić information content (AvgIpc) is 2.36. The molecule has 1 amide bonds. The van der Waals surface area contributed by atoms with Gasteiger partial charge in [-0.05, 0) is 51.0 Å². The van der Waals surface area contributed by atoms with E-state index >= 15 is 0 Å². The predicted molar refractivity (Wildman–Crippen MR) is 82.3 cm³/mol. The summed E-state index contributed by atoms with van der Waals surface area (Å²) in [5.41, 5.74) is -2.31. The fourth-order valence-electron chi connectivity index (χ4n) is 2.18. The van der Waals surface area contributed by atoms with Gasteiger partial charge in [0.1, 0.15) is 17.4 Å². The summed E-state index contributed by atoms with van der Waals surface area (Å²) in [7, 11) is 0. The Kier molecular flexibility index (Phi) is 5.93. The molecular weight excluding hydrogens is 343 g/mol. The number of phenolic OH excluding ortho intramolecular Hbond substituents is 1. The van der Waals surface area contributed by atoms with E-state index in [-0.39, 0.29) is 11.1 Å². The zero-order valence-electron chi connectivity index (χ0n) is 14.2. The van der Waals surface area contributed by atoms with Gasteiger partial charge in [-0.25, -0.2) is 9.59 Å². The molecule has 0 heterocycles. The first kappa shape index (κ1) is 20.6. The van der Waals surface area contributed by atoms with Gasteiger partial charge >= 0.3 is 18.2 Å². The second kappa shape index (κ2) is 7.20. The third kappa shape index (κ3) is 6.17. The van der Waals surface area contributed by atoms with E-state index in [1.165, 1.54) is 6.92 Å². The van der Waals surface area contributed by atoms with E-state index in [9.17, 15) is 33.0 Å². The fraction of sp³-hybridized carbons (Fsp3) is 0.500. The number of hydrogen-bond donors (Lipinski definition) is 3. The average molecular weight is 363 g/mol. The normalized spacial score (nSPS) is 13.2. The number of amides is 1. The van der Waals surface area contributed by atoms with Crippen LogP contribution in [-0.2, 0) is 22.1 Å². The third-order valence-corrected chi connectivity index (χ3v) is 3.16. The Balaban J connectivity index is 3.15. The molecule has 0 fully saturated rings. The number of carboxylic acids is 1. The lowest BCUT2D eigenvalue weighted by Crippen LogP contribution is -2.45. The highest BCUT2D eigenvalue weighted by Gasteiger charge is 2.36. The van der Waals surface area contributed by atoms with Gasteiger partial charge in [-0.15, -0.1) is 0 Å². The van der Waals surface area contributed by atoms with Gasteiger partial charge in [0, 0.05) is 6.42 Å². The number of alkyl carbamates (subject to hydrolysis) is 1. The van der Waals surface area contributed by atoms with E-state index in [2.05, 4.69) is 5.32 Å². The predicted octanol–water partition coefficient (Wildman–Crippen LogP) is 3.24. The van der Waals surface area contributed by atoms with Crippen LogP contribution >= 0.6 is 0 Å². The van der Waals surface area contributed by atoms with E-state index in [1.807, 2.05) is 0 Å². The van der Waals surface area contributed by atoms with E-state index in [0.29, 0.717) is 6.07 Å². The lowest BCUT2D eigenvalue weighted by Gasteiger charge is -2.23. The first-order valence-electron chi connectivity index (χ1n) is 7.32. The van der Waals surface area contributed by atoms with Crippen molar-refractivity contribution in [2.75, 3.05) is 0 Å². The number of hydrogen-bond acceptors (Lipinski definition) is 4. The highest BCUT2D eigenvalue weighted by Crippen LogP contribution is 2.36. The zero-order valence-corrected chi connectivity index (χ0v) is 14.2. The van der Waals surface area contributed by atoms with E-state index in [1.54, 1.807) is 20.8 Å². The standard InChI is InChI=1S/C16H20F3NO5/c1-8-5-9(21)6-11(16(17,18)19)10(8)7-12(13(22)23)20-14(24)25-15(2,3)4/h5-6,12,21H,7H2,1-4H3,(H,20,24)(H,22,23). The number of benzene rings is 1. The Labute approximate surface area is 142 Å². The molecule has 0 spiro atoms. The molecule has 6 nitrogen and oxygen atoms in total. The molecular formula is C16H20F3NO5.